The summed E-state index contributed by atoms with van der Waals surface area (Å²) in [6, 6.07) is 18.0. The molecule has 0 unspecified atom stereocenters. The zero-order chi connectivity index (χ0) is 15.8. The molecule has 0 saturated carbocycles. The first-order valence-electron chi connectivity index (χ1n) is 7.08. The molecule has 0 spiro atoms. The maximum Gasteiger partial charge on any atom is 0.193 e. The maximum absolute atomic E-state index is 12.3. The average Bonchev–Trinajstić information content (AvgIpc) is 2.60. The van der Waals surface area contributed by atoms with Crippen molar-refractivity contribution < 1.29 is 4.42 Å². The molecule has 0 saturated heterocycles. The van der Waals surface area contributed by atoms with E-state index in [-0.39, 0.29) is 5.43 Å². The van der Waals surface area contributed by atoms with Gasteiger partial charge < -0.3 is 4.42 Å². The molecule has 108 valence electrons. The largest absolute Gasteiger partial charge is 0.454 e. The smallest absolute Gasteiger partial charge is 0.193 e. The van der Waals surface area contributed by atoms with Gasteiger partial charge >= 0.3 is 0 Å². The third kappa shape index (κ3) is 2.25. The van der Waals surface area contributed by atoms with Crippen molar-refractivity contribution in [3.63, 3.8) is 0 Å². The van der Waals surface area contributed by atoms with E-state index in [1.807, 2.05) is 36.4 Å². The van der Waals surface area contributed by atoms with E-state index in [1.54, 1.807) is 24.4 Å². The first kappa shape index (κ1) is 13.2. The number of nitriles is 1. The standard InChI is InChI=1S/C19H10N2O2/c20-10-12-5-6-15-17(22)9-19(23-18(15)7-12)16-8-13-3-1-2-4-14(13)11-21-16/h1-9,11H. The van der Waals surface area contributed by atoms with Gasteiger partial charge in [0.15, 0.2) is 11.2 Å². The van der Waals surface area contributed by atoms with Crippen LogP contribution in [0.5, 0.6) is 0 Å². The molecule has 0 aliphatic rings. The summed E-state index contributed by atoms with van der Waals surface area (Å²) in [5.74, 6) is 0.392. The number of hydrogen-bond acceptors (Lipinski definition) is 4. The number of hydrogen-bond donors (Lipinski definition) is 0. The van der Waals surface area contributed by atoms with Gasteiger partial charge in [0.1, 0.15) is 11.3 Å². The number of benzene rings is 2. The summed E-state index contributed by atoms with van der Waals surface area (Å²) in [5, 5.41) is 11.5. The fourth-order valence-corrected chi connectivity index (χ4v) is 2.57. The Balaban J connectivity index is 1.96. The predicted molar refractivity (Wildman–Crippen MR) is 87.9 cm³/mol. The summed E-state index contributed by atoms with van der Waals surface area (Å²) in [6.07, 6.45) is 1.75. The van der Waals surface area contributed by atoms with Crippen LogP contribution in [0.3, 0.4) is 0 Å². The van der Waals surface area contributed by atoms with E-state index in [0.717, 1.165) is 10.8 Å². The lowest BCUT2D eigenvalue weighted by Crippen LogP contribution is -2.01. The molecule has 23 heavy (non-hydrogen) atoms. The van der Waals surface area contributed by atoms with E-state index in [4.69, 9.17) is 9.68 Å². The fourth-order valence-electron chi connectivity index (χ4n) is 2.57. The van der Waals surface area contributed by atoms with E-state index in [2.05, 4.69) is 4.98 Å². The topological polar surface area (TPSA) is 66.9 Å². The van der Waals surface area contributed by atoms with Crippen LogP contribution in [0, 0.1) is 11.3 Å². The van der Waals surface area contributed by atoms with Gasteiger partial charge in [-0.15, -0.1) is 0 Å². The van der Waals surface area contributed by atoms with Gasteiger partial charge in [-0.3, -0.25) is 9.78 Å². The van der Waals surface area contributed by atoms with Crippen LogP contribution in [0.1, 0.15) is 5.56 Å². The van der Waals surface area contributed by atoms with Crippen LogP contribution in [0.2, 0.25) is 0 Å². The maximum atomic E-state index is 12.3. The fraction of sp³-hybridized carbons (Fsp3) is 0. The molecule has 0 fully saturated rings. The minimum atomic E-state index is -0.152. The third-order valence-electron chi connectivity index (χ3n) is 3.74. The van der Waals surface area contributed by atoms with Gasteiger partial charge in [-0.2, -0.15) is 5.26 Å². The van der Waals surface area contributed by atoms with Crippen molar-refractivity contribution >= 4 is 21.7 Å². The van der Waals surface area contributed by atoms with E-state index in [1.165, 1.54) is 6.07 Å². The van der Waals surface area contributed by atoms with Crippen molar-refractivity contribution in [1.82, 2.24) is 4.98 Å². The molecule has 0 amide bonds. The summed E-state index contributed by atoms with van der Waals surface area (Å²) < 4.78 is 5.81. The van der Waals surface area contributed by atoms with E-state index < -0.39 is 0 Å². The first-order chi connectivity index (χ1) is 11.2. The van der Waals surface area contributed by atoms with Crippen LogP contribution in [-0.4, -0.2) is 4.98 Å². The number of rotatable bonds is 1. The van der Waals surface area contributed by atoms with Gasteiger partial charge in [0.2, 0.25) is 0 Å². The van der Waals surface area contributed by atoms with Crippen LogP contribution < -0.4 is 5.43 Å². The number of nitrogens with zero attached hydrogens (tertiary/aromatic N) is 2. The number of fused-ring (bicyclic) bond motifs is 2. The van der Waals surface area contributed by atoms with Crippen molar-refractivity contribution in [3.05, 3.63) is 76.6 Å². The molecule has 4 rings (SSSR count). The molecule has 0 radical (unpaired) electrons. The van der Waals surface area contributed by atoms with Gasteiger partial charge in [0.05, 0.1) is 17.0 Å². The summed E-state index contributed by atoms with van der Waals surface area (Å²) >= 11 is 0. The van der Waals surface area contributed by atoms with Crippen LogP contribution in [0.25, 0.3) is 33.2 Å². The lowest BCUT2D eigenvalue weighted by Gasteiger charge is -2.04. The van der Waals surface area contributed by atoms with Crippen molar-refractivity contribution in [2.45, 2.75) is 0 Å². The third-order valence-corrected chi connectivity index (χ3v) is 3.74. The molecule has 2 aromatic heterocycles. The van der Waals surface area contributed by atoms with Crippen molar-refractivity contribution in [3.8, 4) is 17.5 Å². The summed E-state index contributed by atoms with van der Waals surface area (Å²) in [4.78, 5) is 16.6. The Morgan fingerprint density at radius 1 is 1.00 bits per heavy atom. The Morgan fingerprint density at radius 2 is 1.83 bits per heavy atom. The predicted octanol–water partition coefficient (Wildman–Crippen LogP) is 3.88. The van der Waals surface area contributed by atoms with Crippen molar-refractivity contribution in [2.75, 3.05) is 0 Å². The molecule has 4 heteroatoms. The Morgan fingerprint density at radius 3 is 2.65 bits per heavy atom. The monoisotopic (exact) mass is 298 g/mol. The van der Waals surface area contributed by atoms with Gasteiger partial charge in [-0.05, 0) is 29.7 Å². The molecule has 4 nitrogen and oxygen atoms in total. The quantitative estimate of drug-likeness (QED) is 0.535. The normalized spacial score (nSPS) is 10.7. The van der Waals surface area contributed by atoms with E-state index in [9.17, 15) is 4.79 Å². The molecule has 0 aliphatic heterocycles. The summed E-state index contributed by atoms with van der Waals surface area (Å²) in [6.45, 7) is 0. The molecule has 4 aromatic rings. The Labute approximate surface area is 131 Å². The van der Waals surface area contributed by atoms with Gasteiger partial charge in [-0.25, -0.2) is 0 Å². The highest BCUT2D eigenvalue weighted by atomic mass is 16.3. The van der Waals surface area contributed by atoms with Crippen LogP contribution >= 0.6 is 0 Å². The second-order valence-electron chi connectivity index (χ2n) is 5.21. The minimum Gasteiger partial charge on any atom is -0.454 e. The zero-order valence-electron chi connectivity index (χ0n) is 12.0. The van der Waals surface area contributed by atoms with E-state index >= 15 is 0 Å². The van der Waals surface area contributed by atoms with Crippen LogP contribution in [-0.2, 0) is 0 Å². The summed E-state index contributed by atoms with van der Waals surface area (Å²) in [7, 11) is 0. The SMILES string of the molecule is N#Cc1ccc2c(=O)cc(-c3cc4ccccc4cn3)oc2c1. The van der Waals surface area contributed by atoms with Gasteiger partial charge in [0.25, 0.3) is 0 Å². The van der Waals surface area contributed by atoms with Crippen molar-refractivity contribution in [2.24, 2.45) is 0 Å². The molecule has 0 aliphatic carbocycles. The van der Waals surface area contributed by atoms with Crippen LogP contribution in [0.4, 0.5) is 0 Å². The second-order valence-corrected chi connectivity index (χ2v) is 5.21. The lowest BCUT2D eigenvalue weighted by molar-refractivity contribution is 0.616. The Kier molecular flexibility index (Phi) is 2.92. The Hall–Kier alpha value is -3.45. The lowest BCUT2D eigenvalue weighted by atomic mass is 10.1. The highest BCUT2D eigenvalue weighted by Crippen LogP contribution is 2.24. The molecule has 0 bridgehead atoms. The highest BCUT2D eigenvalue weighted by Gasteiger charge is 2.09. The second kappa shape index (κ2) is 5.08. The molecule has 0 N–H and O–H groups in total. The number of aromatic nitrogens is 1. The molecule has 2 aromatic carbocycles. The Bertz CT molecular complexity index is 1150. The van der Waals surface area contributed by atoms with Gasteiger partial charge in [-0.1, -0.05) is 24.3 Å². The molecular formula is C19H10N2O2. The molecule has 0 atom stereocenters. The van der Waals surface area contributed by atoms with Crippen LogP contribution in [0.15, 0.2) is 70.0 Å². The van der Waals surface area contributed by atoms with Crippen molar-refractivity contribution in [1.29, 1.82) is 5.26 Å². The zero-order valence-corrected chi connectivity index (χ0v) is 12.0. The van der Waals surface area contributed by atoms with E-state index in [0.29, 0.717) is 28.0 Å². The highest BCUT2D eigenvalue weighted by molar-refractivity contribution is 5.85. The minimum absolute atomic E-state index is 0.152. The molecule has 2 heterocycles. The molecular weight excluding hydrogens is 288 g/mol. The average molecular weight is 298 g/mol. The first-order valence-corrected chi connectivity index (χ1v) is 7.08. The van der Waals surface area contributed by atoms with Gasteiger partial charge in [0, 0.05) is 17.6 Å². The summed E-state index contributed by atoms with van der Waals surface area (Å²) in [5.41, 5.74) is 1.27. The number of pyridine rings is 1.